The number of carbonyl (C=O) groups is 2. The van der Waals surface area contributed by atoms with E-state index in [1.807, 2.05) is 24.0 Å². The molecule has 2 heterocycles. The van der Waals surface area contributed by atoms with Crippen LogP contribution in [0.2, 0.25) is 0 Å². The Balaban J connectivity index is 1.90. The maximum atomic E-state index is 13.2. The van der Waals surface area contributed by atoms with E-state index in [0.29, 0.717) is 13.1 Å². The number of fused-ring (bicyclic) bond motifs is 1. The molecule has 144 valence electrons. The van der Waals surface area contributed by atoms with Crippen LogP contribution in [0.3, 0.4) is 0 Å². The number of thiophene rings is 1. The van der Waals surface area contributed by atoms with Gasteiger partial charge in [-0.1, -0.05) is 24.3 Å². The minimum absolute atomic E-state index is 0.00937. The molecule has 27 heavy (non-hydrogen) atoms. The predicted octanol–water partition coefficient (Wildman–Crippen LogP) is 4.01. The second-order valence-electron chi connectivity index (χ2n) is 6.74. The second-order valence-corrected chi connectivity index (χ2v) is 8.12. The third-order valence-electron chi connectivity index (χ3n) is 5.14. The van der Waals surface area contributed by atoms with E-state index in [0.717, 1.165) is 12.0 Å². The van der Waals surface area contributed by atoms with Crippen molar-refractivity contribution in [3.05, 3.63) is 57.3 Å². The fraction of sp³-hybridized carbons (Fsp3) is 0.429. The largest absolute Gasteiger partial charge is 0.334 e. The Labute approximate surface area is 169 Å². The molecule has 0 N–H and O–H groups in total. The van der Waals surface area contributed by atoms with E-state index in [1.54, 1.807) is 16.2 Å². The van der Waals surface area contributed by atoms with Crippen molar-refractivity contribution in [2.24, 2.45) is 0 Å². The summed E-state index contributed by atoms with van der Waals surface area (Å²) in [7, 11) is 0. The zero-order valence-electron chi connectivity index (χ0n) is 15.8. The van der Waals surface area contributed by atoms with E-state index in [9.17, 15) is 9.59 Å². The Bertz CT molecular complexity index is 820. The smallest absolute Gasteiger partial charge is 0.242 e. The Morgan fingerprint density at radius 1 is 1.26 bits per heavy atom. The lowest BCUT2D eigenvalue weighted by Crippen LogP contribution is -2.46. The molecule has 0 spiro atoms. The van der Waals surface area contributed by atoms with Crippen LogP contribution in [0.5, 0.6) is 0 Å². The van der Waals surface area contributed by atoms with E-state index in [2.05, 4.69) is 30.5 Å². The summed E-state index contributed by atoms with van der Waals surface area (Å²) in [6, 6.07) is 10.3. The molecule has 0 bridgehead atoms. The summed E-state index contributed by atoms with van der Waals surface area (Å²) in [5.74, 6) is 0.198. The van der Waals surface area contributed by atoms with E-state index in [4.69, 9.17) is 11.6 Å². The number of amides is 2. The van der Waals surface area contributed by atoms with Gasteiger partial charge in [0.25, 0.3) is 0 Å². The number of rotatable bonds is 6. The molecule has 2 aromatic rings. The number of likely N-dealkylation sites (N-methyl/N-ethyl adjacent to an activating group) is 1. The Kier molecular flexibility index (Phi) is 6.55. The van der Waals surface area contributed by atoms with Crippen molar-refractivity contribution in [2.75, 3.05) is 25.5 Å². The van der Waals surface area contributed by atoms with Gasteiger partial charge in [-0.3, -0.25) is 9.59 Å². The SMILES string of the molecule is CCN(CC(=O)N1CCc2sccc2[C@@H]1c1ccccc1C)C(=O)CCCl. The number of hydrogen-bond donors (Lipinski definition) is 0. The molecule has 1 aromatic heterocycles. The average molecular weight is 405 g/mol. The molecule has 1 aliphatic rings. The van der Waals surface area contributed by atoms with Gasteiger partial charge in [0.05, 0.1) is 12.6 Å². The second kappa shape index (κ2) is 8.89. The molecular formula is C21H25ClN2O2S. The molecule has 0 unspecified atom stereocenters. The minimum atomic E-state index is -0.0875. The summed E-state index contributed by atoms with van der Waals surface area (Å²) >= 11 is 7.46. The van der Waals surface area contributed by atoms with Gasteiger partial charge in [-0.05, 0) is 48.4 Å². The Morgan fingerprint density at radius 3 is 2.74 bits per heavy atom. The van der Waals surface area contributed by atoms with E-state index in [-0.39, 0.29) is 36.7 Å². The van der Waals surface area contributed by atoms with Crippen molar-refractivity contribution in [2.45, 2.75) is 32.7 Å². The molecule has 0 saturated carbocycles. The van der Waals surface area contributed by atoms with Gasteiger partial charge in [-0.2, -0.15) is 0 Å². The van der Waals surface area contributed by atoms with Crippen molar-refractivity contribution in [3.63, 3.8) is 0 Å². The minimum Gasteiger partial charge on any atom is -0.334 e. The maximum absolute atomic E-state index is 13.2. The first-order chi connectivity index (χ1) is 13.1. The monoisotopic (exact) mass is 404 g/mol. The van der Waals surface area contributed by atoms with Gasteiger partial charge in [0.15, 0.2) is 0 Å². The van der Waals surface area contributed by atoms with Crippen LogP contribution in [-0.2, 0) is 16.0 Å². The standard InChI is InChI=1S/C21H25ClN2O2S/c1-3-23(19(25)8-11-22)14-20(26)24-12-9-18-17(10-13-27-18)21(24)16-7-5-4-6-15(16)2/h4-7,10,13,21H,3,8-9,11-12,14H2,1-2H3/t21-/m0/s1. The summed E-state index contributed by atoms with van der Waals surface area (Å²) in [6.45, 7) is 5.26. The van der Waals surface area contributed by atoms with Crippen molar-refractivity contribution in [1.82, 2.24) is 9.80 Å². The lowest BCUT2D eigenvalue weighted by atomic mass is 9.90. The van der Waals surface area contributed by atoms with Gasteiger partial charge in [0.1, 0.15) is 0 Å². The number of halogens is 1. The van der Waals surface area contributed by atoms with Gasteiger partial charge in [0, 0.05) is 30.3 Å². The lowest BCUT2D eigenvalue weighted by molar-refractivity contribution is -0.141. The molecule has 1 aromatic carbocycles. The third kappa shape index (κ3) is 4.19. The summed E-state index contributed by atoms with van der Waals surface area (Å²) < 4.78 is 0. The molecule has 2 amide bonds. The van der Waals surface area contributed by atoms with E-state index < -0.39 is 0 Å². The topological polar surface area (TPSA) is 40.6 Å². The van der Waals surface area contributed by atoms with Gasteiger partial charge >= 0.3 is 0 Å². The normalized spacial score (nSPS) is 16.1. The first kappa shape index (κ1) is 19.9. The van der Waals surface area contributed by atoms with Crippen molar-refractivity contribution >= 4 is 34.8 Å². The van der Waals surface area contributed by atoms with Gasteiger partial charge in [-0.25, -0.2) is 0 Å². The summed E-state index contributed by atoms with van der Waals surface area (Å²) in [5, 5.41) is 2.10. The highest BCUT2D eigenvalue weighted by atomic mass is 35.5. The fourth-order valence-electron chi connectivity index (χ4n) is 3.68. The van der Waals surface area contributed by atoms with Gasteiger partial charge in [0.2, 0.25) is 11.8 Å². The van der Waals surface area contributed by atoms with Crippen LogP contribution in [0.1, 0.15) is 41.0 Å². The number of alkyl halides is 1. The lowest BCUT2D eigenvalue weighted by Gasteiger charge is -2.38. The van der Waals surface area contributed by atoms with Crippen LogP contribution < -0.4 is 0 Å². The predicted molar refractivity (Wildman–Crippen MR) is 110 cm³/mol. The zero-order valence-corrected chi connectivity index (χ0v) is 17.4. The maximum Gasteiger partial charge on any atom is 0.242 e. The number of nitrogens with zero attached hydrogens (tertiary/aromatic N) is 2. The molecule has 6 heteroatoms. The number of hydrogen-bond acceptors (Lipinski definition) is 3. The molecule has 0 saturated heterocycles. The van der Waals surface area contributed by atoms with Gasteiger partial charge < -0.3 is 9.80 Å². The van der Waals surface area contributed by atoms with Crippen molar-refractivity contribution < 1.29 is 9.59 Å². The quantitative estimate of drug-likeness (QED) is 0.682. The molecule has 0 fully saturated rings. The Morgan fingerprint density at radius 2 is 2.04 bits per heavy atom. The van der Waals surface area contributed by atoms with Crippen LogP contribution in [0.25, 0.3) is 0 Å². The van der Waals surface area contributed by atoms with Crippen LogP contribution in [-0.4, -0.2) is 47.1 Å². The van der Waals surface area contributed by atoms with Gasteiger partial charge in [-0.15, -0.1) is 22.9 Å². The molecule has 1 aliphatic heterocycles. The zero-order chi connectivity index (χ0) is 19.4. The molecule has 4 nitrogen and oxygen atoms in total. The number of benzene rings is 1. The molecule has 3 rings (SSSR count). The summed E-state index contributed by atoms with van der Waals surface area (Å²) in [4.78, 5) is 30.3. The third-order valence-corrected chi connectivity index (χ3v) is 6.32. The first-order valence-electron chi connectivity index (χ1n) is 9.31. The van der Waals surface area contributed by atoms with Crippen molar-refractivity contribution in [1.29, 1.82) is 0 Å². The van der Waals surface area contributed by atoms with Crippen LogP contribution in [0.4, 0.5) is 0 Å². The van der Waals surface area contributed by atoms with E-state index >= 15 is 0 Å². The van der Waals surface area contributed by atoms with Crippen molar-refractivity contribution in [3.8, 4) is 0 Å². The molecule has 1 atom stereocenters. The Hall–Kier alpha value is -1.85. The van der Waals surface area contributed by atoms with Crippen LogP contribution in [0.15, 0.2) is 35.7 Å². The highest BCUT2D eigenvalue weighted by molar-refractivity contribution is 7.10. The van der Waals surface area contributed by atoms with Crippen LogP contribution in [0, 0.1) is 6.92 Å². The number of aryl methyl sites for hydroxylation is 1. The summed E-state index contributed by atoms with van der Waals surface area (Å²) in [5.41, 5.74) is 3.54. The molecule has 0 radical (unpaired) electrons. The van der Waals surface area contributed by atoms with E-state index in [1.165, 1.54) is 16.0 Å². The highest BCUT2D eigenvalue weighted by Crippen LogP contribution is 2.38. The molecular weight excluding hydrogens is 380 g/mol. The average Bonchev–Trinajstić information content (AvgIpc) is 3.14. The highest BCUT2D eigenvalue weighted by Gasteiger charge is 2.34. The molecule has 0 aliphatic carbocycles. The first-order valence-corrected chi connectivity index (χ1v) is 10.7. The summed E-state index contributed by atoms with van der Waals surface area (Å²) in [6.07, 6.45) is 1.13. The fourth-order valence-corrected chi connectivity index (χ4v) is 4.75. The van der Waals surface area contributed by atoms with Crippen LogP contribution >= 0.6 is 22.9 Å². The number of carbonyl (C=O) groups excluding carboxylic acids is 2.